The number of likely N-dealkylation sites (N-methyl/N-ethyl adjacent to an activating group) is 1. The number of carbonyl (C=O) groups excluding carboxylic acids is 2. The van der Waals surface area contributed by atoms with Crippen LogP contribution in [-0.2, 0) is 6.54 Å². The summed E-state index contributed by atoms with van der Waals surface area (Å²) < 4.78 is 18.7. The summed E-state index contributed by atoms with van der Waals surface area (Å²) >= 11 is 0. The number of carbonyl (C=O) groups is 2. The standard InChI is InChI=1S/C20H21FN2O4/c1-22(10-13-7-8-18(27-2)17(21)9-13)11-14(24)12-23-19(25)15-5-3-4-6-16(15)20(23)26/h3-9,14,24H,10-12H2,1-2H3/t14-/m0/s1. The zero-order valence-corrected chi connectivity index (χ0v) is 15.2. The number of imide groups is 1. The molecule has 27 heavy (non-hydrogen) atoms. The second-order valence-corrected chi connectivity index (χ2v) is 6.59. The molecule has 0 fully saturated rings. The van der Waals surface area contributed by atoms with Gasteiger partial charge in [-0.2, -0.15) is 0 Å². The molecule has 1 aliphatic heterocycles. The first-order valence-electron chi connectivity index (χ1n) is 8.55. The lowest BCUT2D eigenvalue weighted by Crippen LogP contribution is -2.41. The normalized spacial score (nSPS) is 14.6. The number of nitrogens with zero attached hydrogens (tertiary/aromatic N) is 2. The Morgan fingerprint density at radius 3 is 2.33 bits per heavy atom. The van der Waals surface area contributed by atoms with Crippen molar-refractivity contribution < 1.29 is 23.8 Å². The van der Waals surface area contributed by atoms with Crippen molar-refractivity contribution in [2.24, 2.45) is 0 Å². The van der Waals surface area contributed by atoms with Gasteiger partial charge in [-0.05, 0) is 36.9 Å². The fraction of sp³-hybridized carbons (Fsp3) is 0.300. The molecule has 0 aromatic heterocycles. The summed E-state index contributed by atoms with van der Waals surface area (Å²) in [6.07, 6.45) is -0.916. The third kappa shape index (κ3) is 3.99. The lowest BCUT2D eigenvalue weighted by Gasteiger charge is -2.23. The topological polar surface area (TPSA) is 70.1 Å². The third-order valence-electron chi connectivity index (χ3n) is 4.46. The van der Waals surface area contributed by atoms with Gasteiger partial charge in [0.15, 0.2) is 11.6 Å². The number of β-amino-alcohol motifs (C(OH)–C–C–N with tert-alkyl or cyclic N) is 1. The van der Waals surface area contributed by atoms with E-state index in [0.717, 1.165) is 10.5 Å². The van der Waals surface area contributed by atoms with Crippen LogP contribution in [0.25, 0.3) is 0 Å². The fourth-order valence-corrected chi connectivity index (χ4v) is 3.22. The number of rotatable bonds is 7. The molecule has 3 rings (SSSR count). The van der Waals surface area contributed by atoms with Gasteiger partial charge in [-0.3, -0.25) is 19.4 Å². The average molecular weight is 372 g/mol. The highest BCUT2D eigenvalue weighted by Crippen LogP contribution is 2.23. The molecule has 0 saturated carbocycles. The van der Waals surface area contributed by atoms with E-state index in [1.807, 2.05) is 0 Å². The highest BCUT2D eigenvalue weighted by molar-refractivity contribution is 6.21. The molecule has 0 spiro atoms. The Morgan fingerprint density at radius 2 is 1.78 bits per heavy atom. The van der Waals surface area contributed by atoms with Gasteiger partial charge in [0.05, 0.1) is 30.9 Å². The number of hydrogen-bond acceptors (Lipinski definition) is 5. The molecule has 0 radical (unpaired) electrons. The van der Waals surface area contributed by atoms with E-state index in [1.165, 1.54) is 13.2 Å². The van der Waals surface area contributed by atoms with Crippen molar-refractivity contribution >= 4 is 11.8 Å². The van der Waals surface area contributed by atoms with Crippen LogP contribution in [0.3, 0.4) is 0 Å². The predicted molar refractivity (Wildman–Crippen MR) is 97.1 cm³/mol. The minimum Gasteiger partial charge on any atom is -0.494 e. The number of methoxy groups -OCH3 is 1. The molecule has 6 nitrogen and oxygen atoms in total. The Balaban J connectivity index is 1.58. The van der Waals surface area contributed by atoms with Crippen molar-refractivity contribution in [3.05, 3.63) is 65.0 Å². The van der Waals surface area contributed by atoms with E-state index >= 15 is 0 Å². The van der Waals surface area contributed by atoms with Crippen molar-refractivity contribution in [2.45, 2.75) is 12.6 Å². The zero-order valence-electron chi connectivity index (χ0n) is 15.2. The van der Waals surface area contributed by atoms with Crippen LogP contribution in [-0.4, -0.2) is 60.1 Å². The molecular weight excluding hydrogens is 351 g/mol. The van der Waals surface area contributed by atoms with E-state index in [-0.39, 0.29) is 18.8 Å². The molecule has 0 saturated heterocycles. The number of halogens is 1. The smallest absolute Gasteiger partial charge is 0.261 e. The highest BCUT2D eigenvalue weighted by atomic mass is 19.1. The van der Waals surface area contributed by atoms with E-state index in [4.69, 9.17) is 4.74 Å². The van der Waals surface area contributed by atoms with E-state index in [0.29, 0.717) is 17.7 Å². The van der Waals surface area contributed by atoms with Crippen LogP contribution in [0.2, 0.25) is 0 Å². The first kappa shape index (κ1) is 19.0. The lowest BCUT2D eigenvalue weighted by atomic mass is 10.1. The van der Waals surface area contributed by atoms with Gasteiger partial charge >= 0.3 is 0 Å². The fourth-order valence-electron chi connectivity index (χ4n) is 3.22. The molecule has 1 heterocycles. The summed E-state index contributed by atoms with van der Waals surface area (Å²) in [7, 11) is 3.17. The number of hydrogen-bond donors (Lipinski definition) is 1. The van der Waals surface area contributed by atoms with Crippen molar-refractivity contribution in [3.8, 4) is 5.75 Å². The maximum Gasteiger partial charge on any atom is 0.261 e. The summed E-state index contributed by atoms with van der Waals surface area (Å²) in [6.45, 7) is 0.537. The first-order valence-corrected chi connectivity index (χ1v) is 8.55. The number of ether oxygens (including phenoxy) is 1. The molecule has 2 aromatic rings. The second-order valence-electron chi connectivity index (χ2n) is 6.59. The molecule has 1 atom stereocenters. The number of amides is 2. The maximum absolute atomic E-state index is 13.8. The van der Waals surface area contributed by atoms with Crippen LogP contribution in [0.5, 0.6) is 5.75 Å². The van der Waals surface area contributed by atoms with Crippen LogP contribution in [0.4, 0.5) is 4.39 Å². The Kier molecular flexibility index (Phi) is 5.53. The molecule has 2 aromatic carbocycles. The Morgan fingerprint density at radius 1 is 1.15 bits per heavy atom. The summed E-state index contributed by atoms with van der Waals surface area (Å²) in [5.41, 5.74) is 1.44. The van der Waals surface area contributed by atoms with Crippen LogP contribution in [0.1, 0.15) is 26.3 Å². The SMILES string of the molecule is COc1ccc(CN(C)C[C@H](O)CN2C(=O)c3ccccc3C2=O)cc1F. The average Bonchev–Trinajstić information content (AvgIpc) is 2.87. The zero-order chi connectivity index (χ0) is 19.6. The predicted octanol–water partition coefficient (Wildman–Crippen LogP) is 1.92. The molecule has 142 valence electrons. The molecule has 0 unspecified atom stereocenters. The monoisotopic (exact) mass is 372 g/mol. The third-order valence-corrected chi connectivity index (χ3v) is 4.46. The van der Waals surface area contributed by atoms with E-state index in [2.05, 4.69) is 0 Å². The Bertz CT molecular complexity index is 836. The van der Waals surface area contributed by atoms with E-state index < -0.39 is 23.7 Å². The van der Waals surface area contributed by atoms with Crippen molar-refractivity contribution in [3.63, 3.8) is 0 Å². The molecule has 0 aliphatic carbocycles. The van der Waals surface area contributed by atoms with Gasteiger partial charge in [0, 0.05) is 13.1 Å². The summed E-state index contributed by atoms with van der Waals surface area (Å²) in [5, 5.41) is 10.3. The van der Waals surface area contributed by atoms with Gasteiger partial charge in [-0.1, -0.05) is 18.2 Å². The van der Waals surface area contributed by atoms with Crippen molar-refractivity contribution in [1.29, 1.82) is 0 Å². The van der Waals surface area contributed by atoms with Crippen LogP contribution < -0.4 is 4.74 Å². The van der Waals surface area contributed by atoms with Crippen LogP contribution in [0.15, 0.2) is 42.5 Å². The molecule has 2 amide bonds. The first-order chi connectivity index (χ1) is 12.9. The van der Waals surface area contributed by atoms with Gasteiger partial charge in [0.2, 0.25) is 0 Å². The summed E-state index contributed by atoms with van der Waals surface area (Å²) in [4.78, 5) is 27.5. The number of aliphatic hydroxyl groups excluding tert-OH is 1. The number of fused-ring (bicyclic) bond motifs is 1. The minimum absolute atomic E-state index is 0.0896. The molecular formula is C20H21FN2O4. The minimum atomic E-state index is -0.916. The van der Waals surface area contributed by atoms with Crippen LogP contribution >= 0.6 is 0 Å². The lowest BCUT2D eigenvalue weighted by molar-refractivity contribution is 0.0488. The number of aliphatic hydroxyl groups is 1. The highest BCUT2D eigenvalue weighted by Gasteiger charge is 2.36. The van der Waals surface area contributed by atoms with Gasteiger partial charge in [-0.15, -0.1) is 0 Å². The maximum atomic E-state index is 13.8. The Labute approximate surface area is 156 Å². The van der Waals surface area contributed by atoms with Gasteiger partial charge in [0.25, 0.3) is 11.8 Å². The molecule has 0 bridgehead atoms. The van der Waals surface area contributed by atoms with Gasteiger partial charge in [0.1, 0.15) is 0 Å². The Hall–Kier alpha value is -2.77. The second kappa shape index (κ2) is 7.85. The summed E-state index contributed by atoms with van der Waals surface area (Å²) in [5.74, 6) is -1.06. The van der Waals surface area contributed by atoms with Crippen LogP contribution in [0, 0.1) is 5.82 Å². The molecule has 1 N–H and O–H groups in total. The summed E-state index contributed by atoms with van der Waals surface area (Å²) in [6, 6.07) is 11.3. The largest absolute Gasteiger partial charge is 0.494 e. The quantitative estimate of drug-likeness (QED) is 0.752. The molecule has 1 aliphatic rings. The van der Waals surface area contributed by atoms with E-state index in [1.54, 1.807) is 48.3 Å². The molecule has 7 heteroatoms. The number of benzene rings is 2. The van der Waals surface area contributed by atoms with Gasteiger partial charge < -0.3 is 9.84 Å². The van der Waals surface area contributed by atoms with Gasteiger partial charge in [-0.25, -0.2) is 4.39 Å². The van der Waals surface area contributed by atoms with E-state index in [9.17, 15) is 19.1 Å². The van der Waals surface area contributed by atoms with Crippen molar-refractivity contribution in [1.82, 2.24) is 9.80 Å². The van der Waals surface area contributed by atoms with Crippen molar-refractivity contribution in [2.75, 3.05) is 27.2 Å².